The fourth-order valence-electron chi connectivity index (χ4n) is 0. The summed E-state index contributed by atoms with van der Waals surface area (Å²) in [5, 5.41) is 17.8. The normalized spacial score (nSPS) is 4.55. The second kappa shape index (κ2) is 22.6. The first kappa shape index (κ1) is 30.9. The zero-order chi connectivity index (χ0) is 7.15. The molecule has 5 heteroatoms. The predicted octanol–water partition coefficient (Wildman–Crippen LogP) is -1.60. The number of aliphatic carboxylic acids is 2. The Labute approximate surface area is 84.6 Å². The van der Waals surface area contributed by atoms with Crippen molar-refractivity contribution in [3.8, 4) is 0 Å². The summed E-state index contributed by atoms with van der Waals surface area (Å²) in [5.41, 5.74) is 0. The van der Waals surface area contributed by atoms with E-state index in [0.717, 1.165) is 13.8 Å². The number of carbonyl (C=O) groups is 2. The van der Waals surface area contributed by atoms with E-state index in [0.29, 0.717) is 0 Å². The summed E-state index contributed by atoms with van der Waals surface area (Å²) in [5.74, 6) is -2.17. The molecule has 0 N–H and O–H groups in total. The first-order valence-electron chi connectivity index (χ1n) is 1.82. The van der Waals surface area contributed by atoms with E-state index in [1.165, 1.54) is 0 Å². The first-order valence-corrected chi connectivity index (χ1v) is 1.82. The minimum absolute atomic E-state index is 0. The molecular weight excluding hydrogens is 255 g/mol. The van der Waals surface area contributed by atoms with Gasteiger partial charge in [-0.05, 0) is 13.8 Å². The van der Waals surface area contributed by atoms with Gasteiger partial charge in [0.05, 0.1) is 0 Å². The number of hydrogen-bond donors (Lipinski definition) is 0. The largest absolute Gasteiger partial charge is 2.00 e. The average Bonchev–Trinajstić information content (AvgIpc) is 1.25. The maximum Gasteiger partial charge on any atom is 2.00 e. The predicted molar refractivity (Wildman–Crippen MR) is 40.6 cm³/mol. The van der Waals surface area contributed by atoms with Gasteiger partial charge < -0.3 is 19.8 Å². The summed E-state index contributed by atoms with van der Waals surface area (Å²) in [6.45, 7) is 1.94. The Kier molecular flexibility index (Phi) is 63.5. The van der Waals surface area contributed by atoms with E-state index in [2.05, 4.69) is 0 Å². The van der Waals surface area contributed by atoms with Crippen LogP contribution >= 0.6 is 0 Å². The van der Waals surface area contributed by atoms with Gasteiger partial charge in [0.15, 0.2) is 0 Å². The molecule has 4 nitrogen and oxygen atoms in total. The number of rotatable bonds is 0. The zero-order valence-electron chi connectivity index (χ0n) is 5.13. The Hall–Kier alpha value is -0.261. The molecule has 0 aromatic rings. The minimum Gasteiger partial charge on any atom is -0.550 e. The van der Waals surface area contributed by atoms with Crippen LogP contribution in [0.3, 0.4) is 0 Å². The van der Waals surface area contributed by atoms with E-state index in [4.69, 9.17) is 19.8 Å². The summed E-state index contributed by atoms with van der Waals surface area (Å²) in [6.07, 6.45) is 0. The molecule has 66 valence electrons. The molecule has 2 radical (unpaired) electrons. The van der Waals surface area contributed by atoms with Gasteiger partial charge in [0, 0.05) is 11.9 Å². The smallest absolute Gasteiger partial charge is 0.550 e. The van der Waals surface area contributed by atoms with Gasteiger partial charge in [0.2, 0.25) is 0 Å². The zero-order valence-corrected chi connectivity index (χ0v) is 7.99. The van der Waals surface area contributed by atoms with Crippen LogP contribution in [0, 0.1) is 0 Å². The molecule has 0 aliphatic heterocycles. The summed E-state index contributed by atoms with van der Waals surface area (Å²) < 4.78 is 0. The molecule has 0 aromatic heterocycles. The summed E-state index contributed by atoms with van der Waals surface area (Å²) in [6, 6.07) is 0. The third-order valence-electron chi connectivity index (χ3n) is 0. The fourth-order valence-corrected chi connectivity index (χ4v) is 0. The van der Waals surface area contributed by atoms with Gasteiger partial charge in [-0.3, -0.25) is 0 Å². The second-order valence-electron chi connectivity index (χ2n) is 0.983. The Balaban J connectivity index is -0.0000000171. The van der Waals surface area contributed by atoms with Crippen LogP contribution in [0.1, 0.15) is 28.7 Å². The quantitative estimate of drug-likeness (QED) is 0.496. The van der Waals surface area contributed by atoms with Crippen molar-refractivity contribution in [1.29, 1.82) is 0 Å². The third kappa shape index (κ3) is 8540. The van der Waals surface area contributed by atoms with Crippen LogP contribution in [-0.2, 0) is 9.59 Å². The van der Waals surface area contributed by atoms with Gasteiger partial charge in [-0.25, -0.2) is 0 Å². The molecule has 0 fully saturated rings. The maximum atomic E-state index is 8.89. The van der Waals surface area contributed by atoms with Gasteiger partial charge >= 0.3 is 23.9 Å². The van der Waals surface area contributed by atoms with Crippen molar-refractivity contribution in [2.45, 2.75) is 28.7 Å². The van der Waals surface area contributed by atoms with Crippen molar-refractivity contribution >= 4 is 35.8 Å². The van der Waals surface area contributed by atoms with Crippen molar-refractivity contribution in [2.24, 2.45) is 0 Å². The number of carbonyl (C=O) groups excluding carboxylic acids is 2. The van der Waals surface area contributed by atoms with E-state index in [-0.39, 0.29) is 38.8 Å². The average molecular weight is 269 g/mol. The van der Waals surface area contributed by atoms with E-state index in [1.807, 2.05) is 0 Å². The number of carboxylic acids is 2. The molecule has 0 rings (SSSR count). The van der Waals surface area contributed by atoms with Gasteiger partial charge in [-0.2, -0.15) is 0 Å². The van der Waals surface area contributed by atoms with Crippen LogP contribution in [0.15, 0.2) is 0 Å². The third-order valence-corrected chi connectivity index (χ3v) is 0. The second-order valence-corrected chi connectivity index (χ2v) is 0.983. The van der Waals surface area contributed by atoms with Crippen molar-refractivity contribution in [3.63, 3.8) is 0 Å². The van der Waals surface area contributed by atoms with Crippen molar-refractivity contribution < 1.29 is 19.8 Å². The van der Waals surface area contributed by atoms with Crippen molar-refractivity contribution in [3.05, 3.63) is 0 Å². The number of hydrogen-bond acceptors (Lipinski definition) is 4. The molecule has 0 bridgehead atoms. The van der Waals surface area contributed by atoms with Crippen LogP contribution in [0.4, 0.5) is 0 Å². The molecule has 0 heterocycles. The Morgan fingerprint density at radius 2 is 0.909 bits per heavy atom. The van der Waals surface area contributed by atoms with Crippen LogP contribution in [0.2, 0.25) is 0 Å². The van der Waals surface area contributed by atoms with Gasteiger partial charge in [-0.1, -0.05) is 14.9 Å². The van der Waals surface area contributed by atoms with Crippen molar-refractivity contribution in [1.82, 2.24) is 0 Å². The standard InChI is InChI=1S/2C2H4O2.2CH4.Sn/c2*1-2(3)4;;;/h2*1H3,(H,3,4);2*1H4;/q;;;;+2/p-2. The van der Waals surface area contributed by atoms with E-state index >= 15 is 0 Å². The maximum absolute atomic E-state index is 8.89. The van der Waals surface area contributed by atoms with Gasteiger partial charge in [0.1, 0.15) is 0 Å². The van der Waals surface area contributed by atoms with E-state index < -0.39 is 11.9 Å². The Morgan fingerprint density at radius 3 is 0.909 bits per heavy atom. The van der Waals surface area contributed by atoms with Crippen molar-refractivity contribution in [2.75, 3.05) is 0 Å². The van der Waals surface area contributed by atoms with Crippen LogP contribution in [-0.4, -0.2) is 35.8 Å². The molecule has 0 aromatic carbocycles. The van der Waals surface area contributed by atoms with Gasteiger partial charge in [-0.15, -0.1) is 0 Å². The Morgan fingerprint density at radius 1 is 0.909 bits per heavy atom. The molecule has 0 aliphatic rings. The Bertz CT molecular complexity index is 72.6. The number of carboxylic acid groups (broad SMARTS) is 2. The summed E-state index contributed by atoms with van der Waals surface area (Å²) in [7, 11) is 0. The van der Waals surface area contributed by atoms with Crippen LogP contribution < -0.4 is 10.2 Å². The summed E-state index contributed by atoms with van der Waals surface area (Å²) in [4.78, 5) is 17.8. The monoisotopic (exact) mass is 270 g/mol. The molecule has 0 unspecified atom stereocenters. The van der Waals surface area contributed by atoms with Crippen LogP contribution in [0.25, 0.3) is 0 Å². The molecule has 0 spiro atoms. The molecule has 11 heavy (non-hydrogen) atoms. The molecule has 0 saturated carbocycles. The molecule has 0 saturated heterocycles. The van der Waals surface area contributed by atoms with Gasteiger partial charge in [0.25, 0.3) is 0 Å². The topological polar surface area (TPSA) is 80.3 Å². The van der Waals surface area contributed by atoms with Crippen LogP contribution in [0.5, 0.6) is 0 Å². The SMILES string of the molecule is C.C.CC(=O)[O-].CC(=O)[O-].[Sn+2]. The molecular formula is C6H14O4Sn. The minimum atomic E-state index is -1.08. The summed E-state index contributed by atoms with van der Waals surface area (Å²) >= 11 is 0. The molecule has 0 amide bonds. The molecule has 0 atom stereocenters. The fraction of sp³-hybridized carbons (Fsp3) is 0.667. The molecule has 0 aliphatic carbocycles. The van der Waals surface area contributed by atoms with E-state index in [1.54, 1.807) is 0 Å². The van der Waals surface area contributed by atoms with E-state index in [9.17, 15) is 0 Å². The first-order chi connectivity index (χ1) is 3.46.